The molecule has 0 saturated carbocycles. The molecular weight excluding hydrogens is 247 g/mol. The fourth-order valence-corrected chi connectivity index (χ4v) is 1.45. The quantitative estimate of drug-likeness (QED) is 0.642. The molecule has 2 nitrogen and oxygen atoms in total. The number of halogens is 2. The van der Waals surface area contributed by atoms with E-state index >= 15 is 0 Å². The Hall–Kier alpha value is -0.900. The molecule has 0 aromatic heterocycles. The molecule has 1 aromatic rings. The fourth-order valence-electron chi connectivity index (χ4n) is 0.990. The van der Waals surface area contributed by atoms with Crippen molar-refractivity contribution >= 4 is 27.5 Å². The molecule has 14 heavy (non-hydrogen) atoms. The van der Waals surface area contributed by atoms with E-state index in [-0.39, 0.29) is 5.82 Å². The number of aliphatic imine (C=N–C) groups is 1. The summed E-state index contributed by atoms with van der Waals surface area (Å²) in [4.78, 5) is 4.11. The molecule has 0 fully saturated rings. The molecule has 0 atom stereocenters. The van der Waals surface area contributed by atoms with Crippen LogP contribution in [0.3, 0.4) is 0 Å². The Kier molecular flexibility index (Phi) is 3.63. The molecule has 0 heterocycles. The lowest BCUT2D eigenvalue weighted by atomic mass is 10.2. The van der Waals surface area contributed by atoms with Crippen molar-refractivity contribution in [3.63, 3.8) is 0 Å². The third kappa shape index (κ3) is 2.54. The first-order chi connectivity index (χ1) is 6.54. The first-order valence-corrected chi connectivity index (χ1v) is 5.12. The molecule has 4 heteroatoms. The number of nitrogens with zero attached hydrogens (tertiary/aromatic N) is 1. The van der Waals surface area contributed by atoms with Crippen LogP contribution < -0.4 is 5.73 Å². The lowest BCUT2D eigenvalue weighted by molar-refractivity contribution is 0.621. The van der Waals surface area contributed by atoms with Gasteiger partial charge in [-0.25, -0.2) is 9.38 Å². The van der Waals surface area contributed by atoms with Crippen molar-refractivity contribution in [1.29, 1.82) is 0 Å². The standard InChI is InChI=1S/C10H12BrFN2/c1-3-10(13)14-9-5-8(12)7(11)4-6(9)2/h4-5H,3H2,1-2H3,(H2,13,14). The molecule has 2 N–H and O–H groups in total. The summed E-state index contributed by atoms with van der Waals surface area (Å²) >= 11 is 3.11. The average Bonchev–Trinajstić information content (AvgIpc) is 2.14. The first kappa shape index (κ1) is 11.2. The lowest BCUT2D eigenvalue weighted by Crippen LogP contribution is -2.08. The zero-order valence-corrected chi connectivity index (χ0v) is 9.73. The predicted octanol–water partition coefficient (Wildman–Crippen LogP) is 3.30. The van der Waals surface area contributed by atoms with Crippen LogP contribution in [0.25, 0.3) is 0 Å². The maximum Gasteiger partial charge on any atom is 0.139 e. The van der Waals surface area contributed by atoms with Crippen molar-refractivity contribution in [3.05, 3.63) is 28.0 Å². The fraction of sp³-hybridized carbons (Fsp3) is 0.300. The third-order valence-electron chi connectivity index (χ3n) is 1.87. The Labute approximate surface area is 91.2 Å². The highest BCUT2D eigenvalue weighted by Crippen LogP contribution is 2.26. The van der Waals surface area contributed by atoms with Gasteiger partial charge in [0, 0.05) is 12.5 Å². The van der Waals surface area contributed by atoms with Crippen molar-refractivity contribution in [2.24, 2.45) is 10.7 Å². The minimum atomic E-state index is -0.321. The number of benzene rings is 1. The molecule has 0 amide bonds. The first-order valence-electron chi connectivity index (χ1n) is 4.33. The maximum atomic E-state index is 13.2. The zero-order chi connectivity index (χ0) is 10.7. The van der Waals surface area contributed by atoms with E-state index in [0.717, 1.165) is 5.56 Å². The number of nitrogens with two attached hydrogens (primary N) is 1. The van der Waals surface area contributed by atoms with Crippen LogP contribution >= 0.6 is 15.9 Å². The van der Waals surface area contributed by atoms with Gasteiger partial charge < -0.3 is 5.73 Å². The number of hydrogen-bond acceptors (Lipinski definition) is 1. The van der Waals surface area contributed by atoms with Crippen LogP contribution in [0.2, 0.25) is 0 Å². The molecule has 0 unspecified atom stereocenters. The Bertz CT molecular complexity index is 375. The lowest BCUT2D eigenvalue weighted by Gasteiger charge is -2.03. The topological polar surface area (TPSA) is 38.4 Å². The van der Waals surface area contributed by atoms with Crippen molar-refractivity contribution < 1.29 is 4.39 Å². The largest absolute Gasteiger partial charge is 0.387 e. The van der Waals surface area contributed by atoms with Gasteiger partial charge in [0.2, 0.25) is 0 Å². The molecule has 0 bridgehead atoms. The van der Waals surface area contributed by atoms with E-state index in [9.17, 15) is 4.39 Å². The van der Waals surface area contributed by atoms with Crippen molar-refractivity contribution in [2.45, 2.75) is 20.3 Å². The second-order valence-electron chi connectivity index (χ2n) is 3.01. The van der Waals surface area contributed by atoms with Gasteiger partial charge in [-0.3, -0.25) is 0 Å². The monoisotopic (exact) mass is 258 g/mol. The Morgan fingerprint density at radius 1 is 1.57 bits per heavy atom. The van der Waals surface area contributed by atoms with Crippen molar-refractivity contribution in [1.82, 2.24) is 0 Å². The molecule has 0 saturated heterocycles. The molecule has 1 aromatic carbocycles. The summed E-state index contributed by atoms with van der Waals surface area (Å²) in [6.45, 7) is 3.77. The number of rotatable bonds is 2. The SMILES string of the molecule is CCC(N)=Nc1cc(F)c(Br)cc1C. The zero-order valence-electron chi connectivity index (χ0n) is 8.14. The molecule has 0 spiro atoms. The molecule has 76 valence electrons. The molecule has 0 radical (unpaired) electrons. The van der Waals surface area contributed by atoms with Gasteiger partial charge in [0.1, 0.15) is 5.82 Å². The summed E-state index contributed by atoms with van der Waals surface area (Å²) in [6.07, 6.45) is 0.664. The van der Waals surface area contributed by atoms with Crippen LogP contribution in [0, 0.1) is 12.7 Å². The molecular formula is C10H12BrFN2. The summed E-state index contributed by atoms with van der Waals surface area (Å²) in [7, 11) is 0. The van der Waals surface area contributed by atoms with Gasteiger partial charge in [0.25, 0.3) is 0 Å². The predicted molar refractivity (Wildman–Crippen MR) is 60.4 cm³/mol. The summed E-state index contributed by atoms with van der Waals surface area (Å²) in [6, 6.07) is 3.07. The Morgan fingerprint density at radius 3 is 2.79 bits per heavy atom. The van der Waals surface area contributed by atoms with Gasteiger partial charge in [0.05, 0.1) is 16.0 Å². The normalized spacial score (nSPS) is 11.9. The van der Waals surface area contributed by atoms with Gasteiger partial charge in [0.15, 0.2) is 0 Å². The van der Waals surface area contributed by atoms with E-state index in [4.69, 9.17) is 5.73 Å². The van der Waals surface area contributed by atoms with Crippen LogP contribution in [0.15, 0.2) is 21.6 Å². The van der Waals surface area contributed by atoms with E-state index in [1.54, 1.807) is 6.07 Å². The van der Waals surface area contributed by atoms with Crippen LogP contribution in [0.4, 0.5) is 10.1 Å². The minimum Gasteiger partial charge on any atom is -0.387 e. The van der Waals surface area contributed by atoms with Crippen LogP contribution in [0.5, 0.6) is 0 Å². The molecule has 1 rings (SSSR count). The molecule has 0 aliphatic heterocycles. The van der Waals surface area contributed by atoms with E-state index < -0.39 is 0 Å². The van der Waals surface area contributed by atoms with E-state index in [2.05, 4.69) is 20.9 Å². The number of aryl methyl sites for hydroxylation is 1. The van der Waals surface area contributed by atoms with E-state index in [1.807, 2.05) is 13.8 Å². The van der Waals surface area contributed by atoms with E-state index in [0.29, 0.717) is 22.4 Å². The summed E-state index contributed by atoms with van der Waals surface area (Å²) in [5.41, 5.74) is 7.06. The Balaban J connectivity index is 3.16. The summed E-state index contributed by atoms with van der Waals surface area (Å²) in [5.74, 6) is 0.188. The average molecular weight is 259 g/mol. The van der Waals surface area contributed by atoms with Crippen LogP contribution in [-0.4, -0.2) is 5.84 Å². The smallest absolute Gasteiger partial charge is 0.139 e. The van der Waals surface area contributed by atoms with Crippen LogP contribution in [-0.2, 0) is 0 Å². The highest BCUT2D eigenvalue weighted by atomic mass is 79.9. The van der Waals surface area contributed by atoms with Gasteiger partial charge in [-0.1, -0.05) is 6.92 Å². The van der Waals surface area contributed by atoms with Gasteiger partial charge >= 0.3 is 0 Å². The molecule has 0 aliphatic rings. The summed E-state index contributed by atoms with van der Waals surface area (Å²) in [5, 5.41) is 0. The second kappa shape index (κ2) is 4.55. The van der Waals surface area contributed by atoms with Gasteiger partial charge in [-0.2, -0.15) is 0 Å². The van der Waals surface area contributed by atoms with Gasteiger partial charge in [-0.15, -0.1) is 0 Å². The van der Waals surface area contributed by atoms with Gasteiger partial charge in [-0.05, 0) is 34.5 Å². The summed E-state index contributed by atoms with van der Waals surface area (Å²) < 4.78 is 13.6. The van der Waals surface area contributed by atoms with Crippen molar-refractivity contribution in [3.8, 4) is 0 Å². The second-order valence-corrected chi connectivity index (χ2v) is 3.86. The molecule has 0 aliphatic carbocycles. The highest BCUT2D eigenvalue weighted by molar-refractivity contribution is 9.10. The highest BCUT2D eigenvalue weighted by Gasteiger charge is 2.04. The minimum absolute atomic E-state index is 0.321. The third-order valence-corrected chi connectivity index (χ3v) is 2.47. The number of amidine groups is 1. The maximum absolute atomic E-state index is 13.2. The van der Waals surface area contributed by atoms with Crippen LogP contribution in [0.1, 0.15) is 18.9 Å². The Morgan fingerprint density at radius 2 is 2.21 bits per heavy atom. The van der Waals surface area contributed by atoms with E-state index in [1.165, 1.54) is 6.07 Å². The number of hydrogen-bond donors (Lipinski definition) is 1. The van der Waals surface area contributed by atoms with Crippen molar-refractivity contribution in [2.75, 3.05) is 0 Å².